The van der Waals surface area contributed by atoms with Crippen LogP contribution in [0.1, 0.15) is 77.7 Å². The van der Waals surface area contributed by atoms with Gasteiger partial charge in [0, 0.05) is 31.5 Å². The van der Waals surface area contributed by atoms with Gasteiger partial charge >= 0.3 is 0 Å². The van der Waals surface area contributed by atoms with E-state index in [1.165, 1.54) is 25.6 Å². The normalized spacial score (nSPS) is 23.0. The average Bonchev–Trinajstić information content (AvgIpc) is 3.38. The molecule has 0 aliphatic heterocycles. The topological polar surface area (TPSA) is 139 Å². The molecule has 2 aromatic heterocycles. The zero-order valence-electron chi connectivity index (χ0n) is 19.7. The van der Waals surface area contributed by atoms with Gasteiger partial charge in [0.15, 0.2) is 17.3 Å². The molecular formula is C23H41N7O2. The van der Waals surface area contributed by atoms with Gasteiger partial charge in [-0.15, -0.1) is 0 Å². The van der Waals surface area contributed by atoms with Gasteiger partial charge in [-0.25, -0.2) is 15.0 Å². The molecule has 0 bridgehead atoms. The van der Waals surface area contributed by atoms with E-state index in [-0.39, 0.29) is 0 Å². The van der Waals surface area contributed by atoms with Gasteiger partial charge in [-0.2, -0.15) is 0 Å². The predicted molar refractivity (Wildman–Crippen MR) is 127 cm³/mol. The van der Waals surface area contributed by atoms with Gasteiger partial charge in [0.05, 0.1) is 6.33 Å². The number of nitrogen functional groups attached to an aromatic ring is 1. The van der Waals surface area contributed by atoms with Crippen molar-refractivity contribution >= 4 is 17.0 Å². The number of hydrogen-bond donors (Lipinski definition) is 4. The Kier molecular flexibility index (Phi) is 8.81. The van der Waals surface area contributed by atoms with E-state index in [9.17, 15) is 0 Å². The van der Waals surface area contributed by atoms with E-state index < -0.39 is 5.79 Å². The minimum absolute atomic E-state index is 0.456. The Bertz CT molecular complexity index is 831. The molecule has 2 atom stereocenters. The van der Waals surface area contributed by atoms with E-state index in [1.807, 2.05) is 6.33 Å². The molecule has 9 heteroatoms. The van der Waals surface area contributed by atoms with Gasteiger partial charge in [0.2, 0.25) is 0 Å². The Morgan fingerprint density at radius 3 is 2.53 bits per heavy atom. The van der Waals surface area contributed by atoms with Crippen LogP contribution in [0.4, 0.5) is 5.82 Å². The lowest BCUT2D eigenvalue weighted by molar-refractivity contribution is -0.180. The Morgan fingerprint density at radius 2 is 1.91 bits per heavy atom. The molecule has 4 rings (SSSR count). The minimum Gasteiger partial charge on any atom is -0.382 e. The quantitative estimate of drug-likeness (QED) is 0.475. The summed E-state index contributed by atoms with van der Waals surface area (Å²) in [7, 11) is 0. The minimum atomic E-state index is -1.32. The summed E-state index contributed by atoms with van der Waals surface area (Å²) < 4.78 is 2.19. The van der Waals surface area contributed by atoms with Crippen molar-refractivity contribution in [1.82, 2.24) is 24.4 Å². The van der Waals surface area contributed by atoms with Crippen LogP contribution in [0.15, 0.2) is 12.7 Å². The van der Waals surface area contributed by atoms with Crippen LogP contribution < -0.4 is 11.5 Å². The molecule has 180 valence electrons. The Morgan fingerprint density at radius 1 is 1.16 bits per heavy atom. The van der Waals surface area contributed by atoms with E-state index in [0.717, 1.165) is 51.0 Å². The van der Waals surface area contributed by atoms with Crippen molar-refractivity contribution in [3.05, 3.63) is 12.7 Å². The van der Waals surface area contributed by atoms with Crippen LogP contribution >= 0.6 is 0 Å². The first-order valence-corrected chi connectivity index (χ1v) is 12.1. The SMILES string of the molecule is CC(C)N(CCCN)CC1CCC(n2cnc3c(N)ncnc32)C1.OC1(O)CCCCC1. The molecule has 0 spiro atoms. The summed E-state index contributed by atoms with van der Waals surface area (Å²) in [6.07, 6.45) is 12.3. The smallest absolute Gasteiger partial charge is 0.165 e. The second-order valence-corrected chi connectivity index (χ2v) is 9.69. The lowest BCUT2D eigenvalue weighted by Gasteiger charge is -2.29. The summed E-state index contributed by atoms with van der Waals surface area (Å²) >= 11 is 0. The summed E-state index contributed by atoms with van der Waals surface area (Å²) in [5.74, 6) is -0.147. The summed E-state index contributed by atoms with van der Waals surface area (Å²) in [6, 6.07) is 1.02. The molecule has 2 aliphatic rings. The first kappa shape index (κ1) is 24.8. The Labute approximate surface area is 191 Å². The summed E-state index contributed by atoms with van der Waals surface area (Å²) in [4.78, 5) is 15.4. The van der Waals surface area contributed by atoms with Gasteiger partial charge in [-0.05, 0) is 71.4 Å². The van der Waals surface area contributed by atoms with Crippen LogP contribution in [0.5, 0.6) is 0 Å². The van der Waals surface area contributed by atoms with Crippen molar-refractivity contribution in [3.63, 3.8) is 0 Å². The molecule has 2 heterocycles. The molecular weight excluding hydrogens is 406 g/mol. The first-order chi connectivity index (χ1) is 15.3. The fraction of sp³-hybridized carbons (Fsp3) is 0.783. The van der Waals surface area contributed by atoms with E-state index in [4.69, 9.17) is 21.7 Å². The monoisotopic (exact) mass is 447 g/mol. The molecule has 2 saturated carbocycles. The van der Waals surface area contributed by atoms with E-state index >= 15 is 0 Å². The second-order valence-electron chi connectivity index (χ2n) is 9.69. The van der Waals surface area contributed by atoms with Crippen LogP contribution in [0.3, 0.4) is 0 Å². The molecule has 9 nitrogen and oxygen atoms in total. The number of aliphatic hydroxyl groups is 2. The number of fused-ring (bicyclic) bond motifs is 1. The summed E-state index contributed by atoms with van der Waals surface area (Å²) in [5.41, 5.74) is 13.1. The highest BCUT2D eigenvalue weighted by Crippen LogP contribution is 2.37. The number of rotatable bonds is 7. The zero-order chi connectivity index (χ0) is 23.1. The maximum Gasteiger partial charge on any atom is 0.165 e. The Balaban J connectivity index is 0.000000305. The fourth-order valence-electron chi connectivity index (χ4n) is 4.91. The maximum atomic E-state index is 8.93. The third-order valence-electron chi connectivity index (χ3n) is 6.82. The van der Waals surface area contributed by atoms with Gasteiger partial charge in [-0.1, -0.05) is 6.42 Å². The third-order valence-corrected chi connectivity index (χ3v) is 6.82. The second kappa shape index (κ2) is 11.4. The van der Waals surface area contributed by atoms with E-state index in [2.05, 4.69) is 38.3 Å². The first-order valence-electron chi connectivity index (χ1n) is 12.1. The number of imidazole rings is 1. The highest BCUT2D eigenvalue weighted by Gasteiger charge is 2.29. The molecule has 0 radical (unpaired) electrons. The number of anilines is 1. The maximum absolute atomic E-state index is 8.93. The third kappa shape index (κ3) is 6.60. The molecule has 0 aromatic carbocycles. The van der Waals surface area contributed by atoms with Gasteiger partial charge in [-0.3, -0.25) is 0 Å². The van der Waals surface area contributed by atoms with E-state index in [1.54, 1.807) is 0 Å². The van der Waals surface area contributed by atoms with Crippen LogP contribution in [-0.2, 0) is 0 Å². The van der Waals surface area contributed by atoms with Crippen molar-refractivity contribution in [1.29, 1.82) is 0 Å². The van der Waals surface area contributed by atoms with E-state index in [0.29, 0.717) is 42.2 Å². The number of aromatic nitrogens is 4. The highest BCUT2D eigenvalue weighted by molar-refractivity contribution is 5.81. The molecule has 2 aliphatic carbocycles. The van der Waals surface area contributed by atoms with Crippen LogP contribution in [0.2, 0.25) is 0 Å². The van der Waals surface area contributed by atoms with Crippen LogP contribution in [-0.4, -0.2) is 66.1 Å². The van der Waals surface area contributed by atoms with Crippen molar-refractivity contribution < 1.29 is 10.2 Å². The molecule has 6 N–H and O–H groups in total. The van der Waals surface area contributed by atoms with Crippen LogP contribution in [0.25, 0.3) is 11.2 Å². The van der Waals surface area contributed by atoms with Gasteiger partial charge in [0.1, 0.15) is 11.8 Å². The molecule has 2 fully saturated rings. The molecule has 32 heavy (non-hydrogen) atoms. The predicted octanol–water partition coefficient (Wildman–Crippen LogP) is 2.44. The van der Waals surface area contributed by atoms with Crippen LogP contribution in [0, 0.1) is 5.92 Å². The highest BCUT2D eigenvalue weighted by atomic mass is 16.5. The fourth-order valence-corrected chi connectivity index (χ4v) is 4.91. The molecule has 2 aromatic rings. The summed E-state index contributed by atoms with van der Waals surface area (Å²) in [5, 5.41) is 17.9. The standard InChI is InChI=1S/C17H29N7.C6H12O2/c1-12(2)23(7-3-6-18)9-13-4-5-14(8-13)24-11-22-15-16(19)20-10-21-17(15)24;7-6(8)4-2-1-3-5-6/h10-14H,3-9,18H2,1-2H3,(H2,19,20,21);7-8H,1-5H2. The number of nitrogens with two attached hydrogens (primary N) is 2. The zero-order valence-corrected chi connectivity index (χ0v) is 19.7. The lowest BCUT2D eigenvalue weighted by atomic mass is 9.95. The number of hydrogen-bond acceptors (Lipinski definition) is 8. The van der Waals surface area contributed by atoms with Gasteiger partial charge < -0.3 is 31.1 Å². The van der Waals surface area contributed by atoms with Crippen molar-refractivity contribution in [3.8, 4) is 0 Å². The molecule has 0 saturated heterocycles. The number of nitrogens with zero attached hydrogens (tertiary/aromatic N) is 5. The van der Waals surface area contributed by atoms with Crippen molar-refractivity contribution in [2.45, 2.75) is 89.5 Å². The van der Waals surface area contributed by atoms with Crippen molar-refractivity contribution in [2.75, 3.05) is 25.4 Å². The Hall–Kier alpha value is -1.81. The lowest BCUT2D eigenvalue weighted by Crippen LogP contribution is -2.36. The average molecular weight is 448 g/mol. The molecule has 0 amide bonds. The van der Waals surface area contributed by atoms with Gasteiger partial charge in [0.25, 0.3) is 0 Å². The van der Waals surface area contributed by atoms with Crippen molar-refractivity contribution in [2.24, 2.45) is 11.7 Å². The summed E-state index contributed by atoms with van der Waals surface area (Å²) in [6.45, 7) is 7.54. The largest absolute Gasteiger partial charge is 0.382 e. The molecule has 2 unspecified atom stereocenters.